The fourth-order valence-electron chi connectivity index (χ4n) is 3.16. The third kappa shape index (κ3) is 2.59. The minimum atomic E-state index is 0.202. The molecule has 23 heavy (non-hydrogen) atoms. The van der Waals surface area contributed by atoms with E-state index < -0.39 is 0 Å². The Labute approximate surface area is 134 Å². The van der Waals surface area contributed by atoms with E-state index in [0.29, 0.717) is 18.8 Å². The highest BCUT2D eigenvalue weighted by atomic mass is 16.2. The van der Waals surface area contributed by atoms with Gasteiger partial charge in [-0.05, 0) is 35.8 Å². The van der Waals surface area contributed by atoms with Crippen LogP contribution in [0.5, 0.6) is 0 Å². The first-order valence-corrected chi connectivity index (χ1v) is 7.87. The fraction of sp³-hybridized carbons (Fsp3) is 0.278. The lowest BCUT2D eigenvalue weighted by Gasteiger charge is -2.17. The molecule has 1 aromatic carbocycles. The fourth-order valence-corrected chi connectivity index (χ4v) is 3.16. The molecule has 1 amide bonds. The third-order valence-corrected chi connectivity index (χ3v) is 4.48. The Bertz CT molecular complexity index is 853. The lowest BCUT2D eigenvalue weighted by atomic mass is 10.0. The predicted molar refractivity (Wildman–Crippen MR) is 92.1 cm³/mol. The number of carbonyl (C=O) groups excluding carboxylic acids is 1. The lowest BCUT2D eigenvalue weighted by molar-refractivity contribution is -0.128. The zero-order valence-corrected chi connectivity index (χ0v) is 12.8. The van der Waals surface area contributed by atoms with E-state index in [1.165, 1.54) is 5.57 Å². The molecule has 2 aliphatic heterocycles. The van der Waals surface area contributed by atoms with E-state index in [-0.39, 0.29) is 5.91 Å². The molecule has 2 aliphatic rings. The van der Waals surface area contributed by atoms with E-state index >= 15 is 0 Å². The van der Waals surface area contributed by atoms with Crippen molar-refractivity contribution in [1.82, 2.24) is 9.88 Å². The van der Waals surface area contributed by atoms with Crippen LogP contribution in [-0.4, -0.2) is 35.1 Å². The molecule has 0 spiro atoms. The number of aliphatic imine (C=N–C) groups is 1. The summed E-state index contributed by atoms with van der Waals surface area (Å²) in [5, 5.41) is 1.05. The highest BCUT2D eigenvalue weighted by molar-refractivity contribution is 5.92. The second-order valence-corrected chi connectivity index (χ2v) is 6.04. The summed E-state index contributed by atoms with van der Waals surface area (Å²) in [6, 6.07) is 8.25. The molecule has 0 aliphatic carbocycles. The Balaban J connectivity index is 1.67. The van der Waals surface area contributed by atoms with E-state index in [1.54, 1.807) is 0 Å². The number of allylic oxidation sites excluding steroid dienone is 1. The summed E-state index contributed by atoms with van der Waals surface area (Å²) in [5.41, 5.74) is 10.2. The quantitative estimate of drug-likeness (QED) is 0.946. The van der Waals surface area contributed by atoms with Crippen LogP contribution in [0, 0.1) is 0 Å². The smallest absolute Gasteiger partial charge is 0.222 e. The molecule has 5 heteroatoms. The molecule has 1 saturated heterocycles. The number of carbonyl (C=O) groups is 1. The summed E-state index contributed by atoms with van der Waals surface area (Å²) in [6.07, 6.45) is 5.43. The molecule has 0 saturated carbocycles. The Kier molecular flexibility index (Phi) is 3.33. The van der Waals surface area contributed by atoms with Crippen molar-refractivity contribution < 1.29 is 4.79 Å². The molecule has 4 rings (SSSR count). The van der Waals surface area contributed by atoms with Crippen molar-refractivity contribution in [1.29, 1.82) is 0 Å². The van der Waals surface area contributed by atoms with Gasteiger partial charge in [-0.1, -0.05) is 12.1 Å². The van der Waals surface area contributed by atoms with Gasteiger partial charge in [0.05, 0.1) is 12.1 Å². The first kappa shape index (κ1) is 13.9. The van der Waals surface area contributed by atoms with Crippen molar-refractivity contribution in [2.75, 3.05) is 18.8 Å². The van der Waals surface area contributed by atoms with E-state index in [4.69, 9.17) is 5.73 Å². The highest BCUT2D eigenvalue weighted by Gasteiger charge is 2.21. The second-order valence-electron chi connectivity index (χ2n) is 6.04. The molecule has 0 atom stereocenters. The largest absolute Gasteiger partial charge is 0.383 e. The number of pyridine rings is 1. The van der Waals surface area contributed by atoms with Gasteiger partial charge in [-0.3, -0.25) is 9.79 Å². The third-order valence-electron chi connectivity index (χ3n) is 4.48. The molecule has 0 radical (unpaired) electrons. The van der Waals surface area contributed by atoms with Crippen molar-refractivity contribution in [3.63, 3.8) is 0 Å². The first-order valence-electron chi connectivity index (χ1n) is 7.87. The summed E-state index contributed by atoms with van der Waals surface area (Å²) >= 11 is 0. The van der Waals surface area contributed by atoms with Gasteiger partial charge < -0.3 is 10.6 Å². The minimum Gasteiger partial charge on any atom is -0.383 e. The Hall–Kier alpha value is -2.69. The van der Waals surface area contributed by atoms with Crippen molar-refractivity contribution in [3.05, 3.63) is 41.5 Å². The molecular weight excluding hydrogens is 288 g/mol. The number of aromatic nitrogens is 1. The van der Waals surface area contributed by atoms with E-state index in [1.807, 2.05) is 23.3 Å². The number of amides is 1. The van der Waals surface area contributed by atoms with E-state index in [9.17, 15) is 4.79 Å². The number of anilines is 1. The molecule has 1 fully saturated rings. The minimum absolute atomic E-state index is 0.202. The number of nitrogens with zero attached hydrogens (tertiary/aromatic N) is 3. The summed E-state index contributed by atoms with van der Waals surface area (Å²) in [7, 11) is 0. The Morgan fingerprint density at radius 3 is 2.91 bits per heavy atom. The molecule has 0 bridgehead atoms. The van der Waals surface area contributed by atoms with Gasteiger partial charge in [0.25, 0.3) is 0 Å². The maximum atomic E-state index is 11.8. The van der Waals surface area contributed by atoms with Gasteiger partial charge in [-0.15, -0.1) is 0 Å². The van der Waals surface area contributed by atoms with Crippen molar-refractivity contribution in [3.8, 4) is 0 Å². The molecule has 2 aromatic rings. The number of likely N-dealkylation sites (tertiary alicyclic amines) is 1. The van der Waals surface area contributed by atoms with E-state index in [2.05, 4.69) is 28.2 Å². The van der Waals surface area contributed by atoms with Gasteiger partial charge in [0, 0.05) is 36.7 Å². The Morgan fingerprint density at radius 2 is 2.17 bits per heavy atom. The van der Waals surface area contributed by atoms with Crippen LogP contribution in [0.25, 0.3) is 16.5 Å². The van der Waals surface area contributed by atoms with Gasteiger partial charge in [0.1, 0.15) is 5.82 Å². The van der Waals surface area contributed by atoms with Crippen molar-refractivity contribution >= 4 is 34.4 Å². The lowest BCUT2D eigenvalue weighted by Crippen LogP contribution is -2.24. The molecule has 1 aromatic heterocycles. The average Bonchev–Trinajstić information content (AvgIpc) is 3.20. The van der Waals surface area contributed by atoms with Crippen molar-refractivity contribution in [2.24, 2.45) is 4.99 Å². The number of hydrogen-bond acceptors (Lipinski definition) is 4. The number of nitrogens with two attached hydrogens (primary N) is 1. The van der Waals surface area contributed by atoms with Crippen LogP contribution in [0.3, 0.4) is 0 Å². The molecule has 2 N–H and O–H groups in total. The van der Waals surface area contributed by atoms with Gasteiger partial charge in [-0.25, -0.2) is 4.98 Å². The molecule has 3 heterocycles. The number of rotatable bonds is 3. The number of fused-ring (bicyclic) bond motifs is 1. The topological polar surface area (TPSA) is 71.6 Å². The molecule has 116 valence electrons. The maximum Gasteiger partial charge on any atom is 0.222 e. The second kappa shape index (κ2) is 5.50. The monoisotopic (exact) mass is 306 g/mol. The van der Waals surface area contributed by atoms with Gasteiger partial charge in [0.2, 0.25) is 5.91 Å². The summed E-state index contributed by atoms with van der Waals surface area (Å²) in [6.45, 7) is 2.08. The van der Waals surface area contributed by atoms with Crippen molar-refractivity contribution in [2.45, 2.75) is 19.4 Å². The van der Waals surface area contributed by atoms with Crippen LogP contribution < -0.4 is 5.73 Å². The Morgan fingerprint density at radius 1 is 1.26 bits per heavy atom. The standard InChI is InChI=1S/C18H18N4O/c19-18-15(11-22-7-1-2-17(22)23)8-13-4-3-12(9-16(13)21-18)14-5-6-20-10-14/h3-6,8-9H,1-2,7,10-11H2,(H2,19,21). The maximum absolute atomic E-state index is 11.8. The van der Waals surface area contributed by atoms with Crippen LogP contribution in [0.2, 0.25) is 0 Å². The number of nitrogen functional groups attached to an aromatic ring is 1. The first-order chi connectivity index (χ1) is 11.2. The number of hydrogen-bond donors (Lipinski definition) is 1. The zero-order valence-electron chi connectivity index (χ0n) is 12.8. The normalized spacial score (nSPS) is 17.3. The highest BCUT2D eigenvalue weighted by Crippen LogP contribution is 2.26. The molecule has 5 nitrogen and oxygen atoms in total. The van der Waals surface area contributed by atoms with Crippen LogP contribution in [0.15, 0.2) is 35.3 Å². The van der Waals surface area contributed by atoms with E-state index in [0.717, 1.165) is 41.5 Å². The average molecular weight is 306 g/mol. The molecular formula is C18H18N4O. The number of benzene rings is 1. The molecule has 0 unspecified atom stereocenters. The summed E-state index contributed by atoms with van der Waals surface area (Å²) < 4.78 is 0. The van der Waals surface area contributed by atoms with Crippen LogP contribution in [-0.2, 0) is 11.3 Å². The SMILES string of the molecule is Nc1nc2cc(C3=CC=NC3)ccc2cc1CN1CCCC1=O. The van der Waals surface area contributed by atoms with Crippen LogP contribution in [0.4, 0.5) is 5.82 Å². The van der Waals surface area contributed by atoms with Crippen LogP contribution >= 0.6 is 0 Å². The van der Waals surface area contributed by atoms with Gasteiger partial charge in [-0.2, -0.15) is 0 Å². The summed E-state index contributed by atoms with van der Waals surface area (Å²) in [4.78, 5) is 22.4. The van der Waals surface area contributed by atoms with Gasteiger partial charge >= 0.3 is 0 Å². The van der Waals surface area contributed by atoms with Crippen LogP contribution in [0.1, 0.15) is 24.0 Å². The summed E-state index contributed by atoms with van der Waals surface area (Å²) in [5.74, 6) is 0.707. The zero-order chi connectivity index (χ0) is 15.8. The van der Waals surface area contributed by atoms with Gasteiger partial charge in [0.15, 0.2) is 0 Å². The predicted octanol–water partition coefficient (Wildman–Crippen LogP) is 2.41.